The van der Waals surface area contributed by atoms with Gasteiger partial charge in [-0.25, -0.2) is 0 Å². The van der Waals surface area contributed by atoms with Gasteiger partial charge in [-0.1, -0.05) is 30.7 Å². The lowest BCUT2D eigenvalue weighted by Gasteiger charge is -2.25. The van der Waals surface area contributed by atoms with E-state index < -0.39 is 5.60 Å². The molecule has 5 heteroatoms. The molecule has 2 rings (SSSR count). The summed E-state index contributed by atoms with van der Waals surface area (Å²) in [7, 11) is 1.63. The van der Waals surface area contributed by atoms with E-state index in [0.717, 1.165) is 24.3 Å². The molecule has 1 N–H and O–H groups in total. The quantitative estimate of drug-likeness (QED) is 0.889. The first kappa shape index (κ1) is 15.9. The van der Waals surface area contributed by atoms with Crippen LogP contribution in [-0.2, 0) is 18.6 Å². The highest BCUT2D eigenvalue weighted by Crippen LogP contribution is 2.31. The molecule has 0 aliphatic rings. The Hall–Kier alpha value is -1.52. The summed E-state index contributed by atoms with van der Waals surface area (Å²) >= 11 is 6.22. The number of benzene rings is 1. The number of nitrogens with zero attached hydrogens (tertiary/aromatic N) is 2. The first-order valence-electron chi connectivity index (χ1n) is 7.05. The van der Waals surface area contributed by atoms with Crippen LogP contribution in [0.1, 0.15) is 31.5 Å². The van der Waals surface area contributed by atoms with E-state index in [1.165, 1.54) is 0 Å². The molecule has 0 amide bonds. The molecule has 114 valence electrons. The Labute approximate surface area is 130 Å². The third kappa shape index (κ3) is 3.57. The summed E-state index contributed by atoms with van der Waals surface area (Å²) in [6, 6.07) is 7.66. The molecule has 0 bridgehead atoms. The third-order valence-electron chi connectivity index (χ3n) is 3.45. The summed E-state index contributed by atoms with van der Waals surface area (Å²) < 4.78 is 6.93. The Balaban J connectivity index is 2.26. The fourth-order valence-corrected chi connectivity index (χ4v) is 2.85. The summed E-state index contributed by atoms with van der Waals surface area (Å²) in [5.74, 6) is 0.799. The van der Waals surface area contributed by atoms with Crippen molar-refractivity contribution >= 4 is 11.6 Å². The van der Waals surface area contributed by atoms with Crippen LogP contribution in [0.2, 0.25) is 5.02 Å². The number of halogens is 1. The molecule has 0 aliphatic heterocycles. The van der Waals surface area contributed by atoms with Crippen LogP contribution in [0.3, 0.4) is 0 Å². The van der Waals surface area contributed by atoms with E-state index in [2.05, 4.69) is 12.0 Å². The molecule has 0 fully saturated rings. The van der Waals surface area contributed by atoms with Gasteiger partial charge in [0.15, 0.2) is 0 Å². The van der Waals surface area contributed by atoms with Gasteiger partial charge >= 0.3 is 0 Å². The molecule has 1 aromatic carbocycles. The lowest BCUT2D eigenvalue weighted by Crippen LogP contribution is -2.28. The molecule has 0 saturated heterocycles. The average Bonchev–Trinajstić information content (AvgIpc) is 2.81. The van der Waals surface area contributed by atoms with Crippen LogP contribution in [0, 0.1) is 0 Å². The van der Waals surface area contributed by atoms with Gasteiger partial charge in [0.2, 0.25) is 0 Å². The summed E-state index contributed by atoms with van der Waals surface area (Å²) in [4.78, 5) is 0. The number of aliphatic hydroxyl groups is 1. The van der Waals surface area contributed by atoms with Crippen molar-refractivity contribution in [1.82, 2.24) is 9.78 Å². The summed E-state index contributed by atoms with van der Waals surface area (Å²) in [5, 5.41) is 15.6. The number of hydrogen-bond acceptors (Lipinski definition) is 3. The van der Waals surface area contributed by atoms with Gasteiger partial charge in [-0.15, -0.1) is 0 Å². The van der Waals surface area contributed by atoms with Gasteiger partial charge in [-0.3, -0.25) is 4.68 Å². The molecule has 1 aromatic heterocycles. The first-order chi connectivity index (χ1) is 9.97. The van der Waals surface area contributed by atoms with Crippen LogP contribution in [-0.4, -0.2) is 22.0 Å². The van der Waals surface area contributed by atoms with Crippen LogP contribution >= 0.6 is 11.6 Å². The van der Waals surface area contributed by atoms with Crippen molar-refractivity contribution in [3.05, 3.63) is 46.7 Å². The largest absolute Gasteiger partial charge is 0.497 e. The van der Waals surface area contributed by atoms with Gasteiger partial charge in [-0.05, 0) is 31.0 Å². The zero-order valence-corrected chi connectivity index (χ0v) is 13.4. The molecular formula is C16H21ClN2O2. The van der Waals surface area contributed by atoms with Crippen LogP contribution in [0.4, 0.5) is 0 Å². The molecule has 0 saturated carbocycles. The maximum Gasteiger partial charge on any atom is 0.118 e. The molecule has 1 heterocycles. The van der Waals surface area contributed by atoms with Gasteiger partial charge in [0.25, 0.3) is 0 Å². The first-order valence-corrected chi connectivity index (χ1v) is 7.43. The summed E-state index contributed by atoms with van der Waals surface area (Å²) in [6.07, 6.45) is 2.99. The van der Waals surface area contributed by atoms with E-state index in [1.54, 1.807) is 24.9 Å². The number of ether oxygens (including phenoxy) is 1. The number of rotatable bonds is 6. The second-order valence-electron chi connectivity index (χ2n) is 5.36. The van der Waals surface area contributed by atoms with Crippen molar-refractivity contribution in [2.24, 2.45) is 0 Å². The van der Waals surface area contributed by atoms with E-state index in [1.807, 2.05) is 24.3 Å². The van der Waals surface area contributed by atoms with Crippen LogP contribution < -0.4 is 4.74 Å². The Morgan fingerprint density at radius 3 is 2.57 bits per heavy atom. The highest BCUT2D eigenvalue weighted by Gasteiger charge is 2.30. The van der Waals surface area contributed by atoms with Gasteiger partial charge in [-0.2, -0.15) is 5.10 Å². The Morgan fingerprint density at radius 1 is 1.33 bits per heavy atom. The number of aryl methyl sites for hydroxylation is 1. The van der Waals surface area contributed by atoms with Crippen molar-refractivity contribution in [3.63, 3.8) is 0 Å². The minimum absolute atomic E-state index is 0.464. The van der Waals surface area contributed by atoms with Gasteiger partial charge in [0, 0.05) is 13.0 Å². The predicted molar refractivity (Wildman–Crippen MR) is 83.8 cm³/mol. The van der Waals surface area contributed by atoms with Crippen molar-refractivity contribution < 1.29 is 9.84 Å². The second kappa shape index (κ2) is 6.50. The molecule has 1 unspecified atom stereocenters. The Bertz CT molecular complexity index is 591. The van der Waals surface area contributed by atoms with Gasteiger partial charge < -0.3 is 9.84 Å². The van der Waals surface area contributed by atoms with Crippen molar-refractivity contribution in [2.75, 3.05) is 7.11 Å². The van der Waals surface area contributed by atoms with Gasteiger partial charge in [0.1, 0.15) is 11.4 Å². The lowest BCUT2D eigenvalue weighted by atomic mass is 9.93. The number of methoxy groups -OCH3 is 1. The van der Waals surface area contributed by atoms with E-state index in [4.69, 9.17) is 16.3 Å². The van der Waals surface area contributed by atoms with E-state index in [0.29, 0.717) is 17.1 Å². The fraction of sp³-hybridized carbons (Fsp3) is 0.438. The van der Waals surface area contributed by atoms with Crippen LogP contribution in [0.15, 0.2) is 30.5 Å². The monoisotopic (exact) mass is 308 g/mol. The lowest BCUT2D eigenvalue weighted by molar-refractivity contribution is 0.0478. The molecule has 0 aliphatic carbocycles. The highest BCUT2D eigenvalue weighted by atomic mass is 35.5. The fourth-order valence-electron chi connectivity index (χ4n) is 2.50. The predicted octanol–water partition coefficient (Wildman–Crippen LogP) is 3.41. The zero-order chi connectivity index (χ0) is 15.5. The Morgan fingerprint density at radius 2 is 2.00 bits per heavy atom. The molecule has 2 aromatic rings. The third-order valence-corrected chi connectivity index (χ3v) is 3.72. The van der Waals surface area contributed by atoms with Crippen LogP contribution in [0.5, 0.6) is 5.75 Å². The summed E-state index contributed by atoms with van der Waals surface area (Å²) in [6.45, 7) is 4.57. The molecule has 21 heavy (non-hydrogen) atoms. The van der Waals surface area contributed by atoms with E-state index in [-0.39, 0.29) is 0 Å². The minimum Gasteiger partial charge on any atom is -0.497 e. The molecular weight excluding hydrogens is 288 g/mol. The zero-order valence-electron chi connectivity index (χ0n) is 12.6. The average molecular weight is 309 g/mol. The molecule has 0 radical (unpaired) electrons. The van der Waals surface area contributed by atoms with Crippen molar-refractivity contribution in [3.8, 4) is 5.75 Å². The van der Waals surface area contributed by atoms with Gasteiger partial charge in [0.05, 0.1) is 24.0 Å². The molecule has 1 atom stereocenters. The SMILES string of the molecule is CCCn1ncc(Cl)c1C(C)(O)Cc1ccc(OC)cc1. The van der Waals surface area contributed by atoms with E-state index >= 15 is 0 Å². The highest BCUT2D eigenvalue weighted by molar-refractivity contribution is 6.31. The summed E-state index contributed by atoms with van der Waals surface area (Å²) in [5.41, 5.74) is 0.611. The van der Waals surface area contributed by atoms with Crippen molar-refractivity contribution in [1.29, 1.82) is 0 Å². The Kier molecular flexibility index (Phi) is 4.91. The normalized spacial score (nSPS) is 14.0. The van der Waals surface area contributed by atoms with Crippen molar-refractivity contribution in [2.45, 2.75) is 38.8 Å². The van der Waals surface area contributed by atoms with E-state index in [9.17, 15) is 5.11 Å². The maximum absolute atomic E-state index is 10.9. The minimum atomic E-state index is -1.07. The standard InChI is InChI=1S/C16H21ClN2O2/c1-4-9-19-15(14(17)11-18-19)16(2,20)10-12-5-7-13(21-3)8-6-12/h5-8,11,20H,4,9-10H2,1-3H3. The molecule has 0 spiro atoms. The topological polar surface area (TPSA) is 47.3 Å². The number of aromatic nitrogens is 2. The van der Waals surface area contributed by atoms with Crippen LogP contribution in [0.25, 0.3) is 0 Å². The molecule has 4 nitrogen and oxygen atoms in total. The maximum atomic E-state index is 10.9. The number of hydrogen-bond donors (Lipinski definition) is 1. The smallest absolute Gasteiger partial charge is 0.118 e. The second-order valence-corrected chi connectivity index (χ2v) is 5.77.